The zero-order chi connectivity index (χ0) is 21.0. The van der Waals surface area contributed by atoms with Gasteiger partial charge in [0, 0.05) is 29.4 Å². The Morgan fingerprint density at radius 3 is 2.72 bits per heavy atom. The number of hydrogen-bond acceptors (Lipinski definition) is 4. The lowest BCUT2D eigenvalue weighted by molar-refractivity contribution is 0.0947. The fraction of sp³-hybridized carbons (Fsp3) is 0.455. The van der Waals surface area contributed by atoms with Crippen molar-refractivity contribution in [2.45, 2.75) is 52.3 Å². The maximum Gasteiger partial charge on any atom is 0.263 e. The minimum absolute atomic E-state index is 0.000759. The largest absolute Gasteiger partial charge is 0.491 e. The van der Waals surface area contributed by atoms with Gasteiger partial charge in [0.2, 0.25) is 0 Å². The summed E-state index contributed by atoms with van der Waals surface area (Å²) in [6.45, 7) is 7.64. The van der Waals surface area contributed by atoms with E-state index in [4.69, 9.17) is 16.3 Å². The summed E-state index contributed by atoms with van der Waals surface area (Å²) < 4.78 is 7.51. The van der Waals surface area contributed by atoms with Gasteiger partial charge in [-0.2, -0.15) is 0 Å². The number of carbonyl (C=O) groups is 1. The van der Waals surface area contributed by atoms with Crippen molar-refractivity contribution in [3.8, 4) is 5.75 Å². The third-order valence-corrected chi connectivity index (χ3v) is 5.32. The fourth-order valence-corrected chi connectivity index (χ4v) is 3.80. The number of aromatic nitrogens is 1. The second-order valence-corrected chi connectivity index (χ2v) is 8.11. The zero-order valence-electron chi connectivity index (χ0n) is 17.1. The molecule has 2 heterocycles. The number of aryl methyl sites for hydroxylation is 1. The van der Waals surface area contributed by atoms with Gasteiger partial charge in [-0.15, -0.1) is 0 Å². The van der Waals surface area contributed by atoms with Gasteiger partial charge >= 0.3 is 0 Å². The van der Waals surface area contributed by atoms with E-state index in [9.17, 15) is 9.59 Å². The SMILES string of the molecule is Cc1ccn(C2CCNCC2)c(=O)c1C(=O)NCc1cc(Cl)ccc1OC(C)C. The Bertz CT molecular complexity index is 933. The van der Waals surface area contributed by atoms with Crippen LogP contribution >= 0.6 is 11.6 Å². The van der Waals surface area contributed by atoms with Crippen LogP contribution in [0, 0.1) is 6.92 Å². The molecule has 0 bridgehead atoms. The number of amides is 1. The molecule has 0 spiro atoms. The van der Waals surface area contributed by atoms with Gasteiger partial charge in [0.25, 0.3) is 11.5 Å². The van der Waals surface area contributed by atoms with E-state index < -0.39 is 0 Å². The van der Waals surface area contributed by atoms with Gasteiger partial charge in [-0.1, -0.05) is 11.6 Å². The average Bonchev–Trinajstić information content (AvgIpc) is 2.68. The van der Waals surface area contributed by atoms with Crippen molar-refractivity contribution in [2.75, 3.05) is 13.1 Å². The molecule has 1 saturated heterocycles. The molecule has 0 aliphatic carbocycles. The predicted octanol–water partition coefficient (Wildman–Crippen LogP) is 3.45. The molecule has 1 aromatic carbocycles. The zero-order valence-corrected chi connectivity index (χ0v) is 17.9. The van der Waals surface area contributed by atoms with Gasteiger partial charge in [0.1, 0.15) is 11.3 Å². The lowest BCUT2D eigenvalue weighted by atomic mass is 10.0. The third kappa shape index (κ3) is 5.19. The molecular weight excluding hydrogens is 390 g/mol. The first kappa shape index (κ1) is 21.4. The van der Waals surface area contributed by atoms with Crippen molar-refractivity contribution in [1.82, 2.24) is 15.2 Å². The van der Waals surface area contributed by atoms with Crippen LogP contribution in [0.2, 0.25) is 5.02 Å². The maximum absolute atomic E-state index is 13.0. The van der Waals surface area contributed by atoms with Crippen molar-refractivity contribution < 1.29 is 9.53 Å². The van der Waals surface area contributed by atoms with Gasteiger partial charge in [0.05, 0.1) is 6.10 Å². The number of rotatable bonds is 6. The van der Waals surface area contributed by atoms with Crippen molar-refractivity contribution in [3.63, 3.8) is 0 Å². The Labute approximate surface area is 176 Å². The van der Waals surface area contributed by atoms with Crippen LogP contribution in [-0.4, -0.2) is 29.7 Å². The second kappa shape index (κ2) is 9.46. The predicted molar refractivity (Wildman–Crippen MR) is 115 cm³/mol. The molecule has 1 aliphatic rings. The highest BCUT2D eigenvalue weighted by atomic mass is 35.5. The van der Waals surface area contributed by atoms with E-state index in [0.29, 0.717) is 16.3 Å². The van der Waals surface area contributed by atoms with E-state index in [-0.39, 0.29) is 35.7 Å². The molecule has 156 valence electrons. The fourth-order valence-electron chi connectivity index (χ4n) is 3.61. The summed E-state index contributed by atoms with van der Waals surface area (Å²) in [6, 6.07) is 7.27. The molecule has 1 amide bonds. The van der Waals surface area contributed by atoms with Crippen LogP contribution < -0.4 is 20.9 Å². The number of pyridine rings is 1. The minimum atomic E-state index is -0.383. The summed E-state index contributed by atoms with van der Waals surface area (Å²) in [4.78, 5) is 25.9. The number of benzene rings is 1. The first-order chi connectivity index (χ1) is 13.9. The number of ether oxygens (including phenoxy) is 1. The Morgan fingerprint density at radius 2 is 2.03 bits per heavy atom. The number of carbonyl (C=O) groups excluding carboxylic acids is 1. The van der Waals surface area contributed by atoms with Crippen molar-refractivity contribution in [3.05, 3.63) is 62.5 Å². The van der Waals surface area contributed by atoms with Crippen LogP contribution in [0.3, 0.4) is 0 Å². The van der Waals surface area contributed by atoms with Crippen LogP contribution in [0.5, 0.6) is 5.75 Å². The number of halogens is 1. The van der Waals surface area contributed by atoms with Crippen LogP contribution in [0.15, 0.2) is 35.3 Å². The molecule has 0 atom stereocenters. The summed E-state index contributed by atoms with van der Waals surface area (Å²) in [7, 11) is 0. The van der Waals surface area contributed by atoms with Gasteiger partial charge in [0.15, 0.2) is 0 Å². The molecule has 1 aromatic heterocycles. The van der Waals surface area contributed by atoms with E-state index in [1.54, 1.807) is 35.9 Å². The smallest absolute Gasteiger partial charge is 0.263 e. The quantitative estimate of drug-likeness (QED) is 0.755. The summed E-state index contributed by atoms with van der Waals surface area (Å²) in [5, 5.41) is 6.73. The molecule has 1 fully saturated rings. The number of piperidine rings is 1. The summed E-state index contributed by atoms with van der Waals surface area (Å²) in [6.07, 6.45) is 3.56. The molecule has 29 heavy (non-hydrogen) atoms. The van der Waals surface area contributed by atoms with Gasteiger partial charge in [-0.3, -0.25) is 9.59 Å². The molecule has 3 rings (SSSR count). The Kier molecular flexibility index (Phi) is 6.98. The number of nitrogens with one attached hydrogen (secondary N) is 2. The first-order valence-electron chi connectivity index (χ1n) is 10.0. The molecule has 7 heteroatoms. The van der Waals surface area contributed by atoms with Gasteiger partial charge in [-0.05, 0) is 76.5 Å². The van der Waals surface area contributed by atoms with Crippen molar-refractivity contribution in [2.24, 2.45) is 0 Å². The molecular formula is C22H28ClN3O3. The normalized spacial score (nSPS) is 14.8. The van der Waals surface area contributed by atoms with Crippen LogP contribution in [0.25, 0.3) is 0 Å². The van der Waals surface area contributed by atoms with Crippen molar-refractivity contribution in [1.29, 1.82) is 0 Å². The van der Waals surface area contributed by atoms with Crippen LogP contribution in [0.1, 0.15) is 54.2 Å². The highest BCUT2D eigenvalue weighted by molar-refractivity contribution is 6.30. The van der Waals surface area contributed by atoms with Gasteiger partial charge in [-0.25, -0.2) is 0 Å². The highest BCUT2D eigenvalue weighted by Gasteiger charge is 2.21. The van der Waals surface area contributed by atoms with E-state index in [0.717, 1.165) is 31.5 Å². The lowest BCUT2D eigenvalue weighted by Crippen LogP contribution is -2.38. The van der Waals surface area contributed by atoms with E-state index in [2.05, 4.69) is 10.6 Å². The van der Waals surface area contributed by atoms with Gasteiger partial charge < -0.3 is 19.9 Å². The van der Waals surface area contributed by atoms with E-state index in [1.807, 2.05) is 19.9 Å². The summed E-state index contributed by atoms with van der Waals surface area (Å²) >= 11 is 6.12. The Balaban J connectivity index is 1.81. The molecule has 0 unspecified atom stereocenters. The van der Waals surface area contributed by atoms with Crippen LogP contribution in [0.4, 0.5) is 0 Å². The molecule has 2 aromatic rings. The summed E-state index contributed by atoms with van der Waals surface area (Å²) in [5.74, 6) is 0.285. The van der Waals surface area contributed by atoms with E-state index >= 15 is 0 Å². The monoisotopic (exact) mass is 417 g/mol. The molecule has 2 N–H and O–H groups in total. The van der Waals surface area contributed by atoms with E-state index in [1.165, 1.54) is 0 Å². The molecule has 0 saturated carbocycles. The average molecular weight is 418 g/mol. The molecule has 0 radical (unpaired) electrons. The lowest BCUT2D eigenvalue weighted by Gasteiger charge is -2.25. The standard InChI is InChI=1S/C22H28ClN3O3/c1-14(2)29-19-5-4-17(23)12-16(19)13-25-21(27)20-15(3)8-11-26(22(20)28)18-6-9-24-10-7-18/h4-5,8,11-12,14,18,24H,6-7,9-10,13H2,1-3H3,(H,25,27). The second-order valence-electron chi connectivity index (χ2n) is 7.67. The maximum atomic E-state index is 13.0. The topological polar surface area (TPSA) is 72.4 Å². The third-order valence-electron chi connectivity index (χ3n) is 5.08. The van der Waals surface area contributed by atoms with Crippen molar-refractivity contribution >= 4 is 17.5 Å². The number of nitrogens with zero attached hydrogens (tertiary/aromatic N) is 1. The highest BCUT2D eigenvalue weighted by Crippen LogP contribution is 2.24. The first-order valence-corrected chi connectivity index (χ1v) is 10.4. The minimum Gasteiger partial charge on any atom is -0.491 e. The van der Waals surface area contributed by atoms with Crippen LogP contribution in [-0.2, 0) is 6.54 Å². The Hall–Kier alpha value is -2.31. The number of hydrogen-bond donors (Lipinski definition) is 2. The molecule has 1 aliphatic heterocycles. The molecule has 6 nitrogen and oxygen atoms in total. The summed E-state index contributed by atoms with van der Waals surface area (Å²) in [5.41, 5.74) is 1.40. The Morgan fingerprint density at radius 1 is 1.31 bits per heavy atom.